The number of rotatable bonds is 2. The fraction of sp³-hybridized carbons (Fsp3) is 0.211. The Morgan fingerprint density at radius 2 is 1.50 bits per heavy atom. The monoisotopic (exact) mass is 386 g/mol. The molecule has 0 N–H and O–H groups in total. The second kappa shape index (κ2) is 6.74. The van der Waals surface area contributed by atoms with Gasteiger partial charge in [0.15, 0.2) is 0 Å². The molecule has 0 spiro atoms. The quantitative estimate of drug-likeness (QED) is 0.642. The summed E-state index contributed by atoms with van der Waals surface area (Å²) in [5.41, 5.74) is 2.08. The number of carbonyl (C=O) groups is 1. The van der Waals surface area contributed by atoms with Crippen LogP contribution in [0.2, 0.25) is 10.0 Å². The van der Waals surface area contributed by atoms with Crippen LogP contribution in [0.25, 0.3) is 0 Å². The zero-order valence-electron chi connectivity index (χ0n) is 14.0. The van der Waals surface area contributed by atoms with Gasteiger partial charge in [-0.1, -0.05) is 47.5 Å². The summed E-state index contributed by atoms with van der Waals surface area (Å²) < 4.78 is 1.80. The molecule has 1 amide bonds. The molecule has 3 aromatic rings. The van der Waals surface area contributed by atoms with Crippen LogP contribution in [-0.4, -0.2) is 20.7 Å². The number of aromatic nitrogens is 3. The number of fused-ring (bicyclic) bond motifs is 1. The minimum Gasteiger partial charge on any atom is -0.275 e. The highest BCUT2D eigenvalue weighted by Gasteiger charge is 2.38. The second-order valence-electron chi connectivity index (χ2n) is 6.26. The second-order valence-corrected chi connectivity index (χ2v) is 7.14. The smallest absolute Gasteiger partial charge is 0.231 e. The van der Waals surface area contributed by atoms with Gasteiger partial charge < -0.3 is 0 Å². The van der Waals surface area contributed by atoms with Crippen molar-refractivity contribution in [2.24, 2.45) is 0 Å². The van der Waals surface area contributed by atoms with E-state index in [-0.39, 0.29) is 18.0 Å². The molecule has 7 heteroatoms. The molecule has 2 atom stereocenters. The lowest BCUT2D eigenvalue weighted by Gasteiger charge is -2.38. The number of halogens is 2. The van der Waals surface area contributed by atoms with Crippen LogP contribution in [0.4, 0.5) is 5.95 Å². The summed E-state index contributed by atoms with van der Waals surface area (Å²) in [6.45, 7) is 1.55. The molecule has 0 aliphatic carbocycles. The SMILES string of the molecule is CC(=O)N1c2ncnn2[C@H](c2ccc(Cl)cc2)C[C@@H]1c1ccc(Cl)cc1. The Hall–Kier alpha value is -2.37. The number of hydrogen-bond acceptors (Lipinski definition) is 3. The molecule has 0 bridgehead atoms. The van der Waals surface area contributed by atoms with Crippen molar-refractivity contribution < 1.29 is 4.79 Å². The van der Waals surface area contributed by atoms with Crippen molar-refractivity contribution in [1.82, 2.24) is 14.8 Å². The molecule has 132 valence electrons. The molecule has 1 aromatic heterocycles. The minimum absolute atomic E-state index is 0.0407. The standard InChI is InChI=1S/C19H16Cl2N4O/c1-12(26)24-17(13-2-6-15(20)7-3-13)10-18(25-19(24)22-11-23-25)14-4-8-16(21)9-5-14/h2-9,11,17-18H,10H2,1H3/t17-,18+/m1/s1. The molecule has 0 unspecified atom stereocenters. The van der Waals surface area contributed by atoms with Gasteiger partial charge in [-0.05, 0) is 41.8 Å². The lowest BCUT2D eigenvalue weighted by atomic mass is 9.92. The van der Waals surface area contributed by atoms with Gasteiger partial charge in [0.25, 0.3) is 0 Å². The van der Waals surface area contributed by atoms with Gasteiger partial charge in [0, 0.05) is 17.0 Å². The summed E-state index contributed by atoms with van der Waals surface area (Å²) in [6.07, 6.45) is 2.16. The summed E-state index contributed by atoms with van der Waals surface area (Å²) in [5, 5.41) is 5.72. The van der Waals surface area contributed by atoms with Gasteiger partial charge in [0.2, 0.25) is 11.9 Å². The number of nitrogens with zero attached hydrogens (tertiary/aromatic N) is 4. The third-order valence-electron chi connectivity index (χ3n) is 4.67. The highest BCUT2D eigenvalue weighted by atomic mass is 35.5. The number of benzene rings is 2. The maximum absolute atomic E-state index is 12.4. The molecule has 5 nitrogen and oxygen atoms in total. The van der Waals surface area contributed by atoms with Gasteiger partial charge in [-0.2, -0.15) is 10.1 Å². The fourth-order valence-corrected chi connectivity index (χ4v) is 3.74. The maximum Gasteiger partial charge on any atom is 0.231 e. The number of anilines is 1. The van der Waals surface area contributed by atoms with Gasteiger partial charge >= 0.3 is 0 Å². The van der Waals surface area contributed by atoms with Crippen LogP contribution in [-0.2, 0) is 4.79 Å². The van der Waals surface area contributed by atoms with Crippen molar-refractivity contribution in [3.63, 3.8) is 0 Å². The summed E-state index contributed by atoms with van der Waals surface area (Å²) >= 11 is 12.1. The molecule has 0 fully saturated rings. The van der Waals surface area contributed by atoms with Crippen molar-refractivity contribution >= 4 is 35.1 Å². The first-order valence-electron chi connectivity index (χ1n) is 8.25. The fourth-order valence-electron chi connectivity index (χ4n) is 3.49. The molecule has 2 heterocycles. The van der Waals surface area contributed by atoms with Crippen molar-refractivity contribution in [2.75, 3.05) is 4.90 Å². The van der Waals surface area contributed by atoms with Crippen LogP contribution in [0.15, 0.2) is 54.9 Å². The Balaban J connectivity index is 1.82. The van der Waals surface area contributed by atoms with E-state index in [9.17, 15) is 4.79 Å². The van der Waals surface area contributed by atoms with E-state index in [2.05, 4.69) is 10.1 Å². The van der Waals surface area contributed by atoms with Crippen LogP contribution in [0.3, 0.4) is 0 Å². The van der Waals surface area contributed by atoms with Gasteiger partial charge in [0.05, 0.1) is 12.1 Å². The summed E-state index contributed by atoms with van der Waals surface area (Å²) in [4.78, 5) is 18.4. The van der Waals surface area contributed by atoms with Crippen LogP contribution >= 0.6 is 23.2 Å². The molecule has 0 saturated heterocycles. The lowest BCUT2D eigenvalue weighted by molar-refractivity contribution is -0.117. The van der Waals surface area contributed by atoms with Gasteiger partial charge in [-0.3, -0.25) is 9.69 Å². The van der Waals surface area contributed by atoms with Gasteiger partial charge in [-0.15, -0.1) is 0 Å². The van der Waals surface area contributed by atoms with Crippen molar-refractivity contribution in [1.29, 1.82) is 0 Å². The van der Waals surface area contributed by atoms with Crippen LogP contribution in [0.5, 0.6) is 0 Å². The van der Waals surface area contributed by atoms with E-state index in [4.69, 9.17) is 23.2 Å². The molecule has 0 saturated carbocycles. The van der Waals surface area contributed by atoms with Crippen LogP contribution in [0.1, 0.15) is 36.6 Å². The molecule has 2 aromatic carbocycles. The molecule has 0 radical (unpaired) electrons. The van der Waals surface area contributed by atoms with Crippen LogP contribution < -0.4 is 4.90 Å². The Kier molecular flexibility index (Phi) is 4.42. The van der Waals surface area contributed by atoms with Crippen molar-refractivity contribution in [3.8, 4) is 0 Å². The Bertz CT molecular complexity index is 937. The first-order valence-corrected chi connectivity index (χ1v) is 9.00. The average molecular weight is 387 g/mol. The Morgan fingerprint density at radius 1 is 0.962 bits per heavy atom. The van der Waals surface area contributed by atoms with E-state index >= 15 is 0 Å². The minimum atomic E-state index is -0.151. The van der Waals surface area contributed by atoms with E-state index in [1.165, 1.54) is 6.33 Å². The van der Waals surface area contributed by atoms with Crippen molar-refractivity contribution in [2.45, 2.75) is 25.4 Å². The predicted molar refractivity (Wildman–Crippen MR) is 102 cm³/mol. The van der Waals surface area contributed by atoms with Crippen molar-refractivity contribution in [3.05, 3.63) is 76.0 Å². The maximum atomic E-state index is 12.4. The third kappa shape index (κ3) is 2.97. The highest BCUT2D eigenvalue weighted by molar-refractivity contribution is 6.30. The normalized spacial score (nSPS) is 19.3. The summed E-state index contributed by atoms with van der Waals surface area (Å²) in [6, 6.07) is 15.1. The first kappa shape index (κ1) is 17.1. The van der Waals surface area contributed by atoms with E-state index in [0.717, 1.165) is 11.1 Å². The van der Waals surface area contributed by atoms with E-state index in [0.29, 0.717) is 22.4 Å². The molecule has 4 rings (SSSR count). The van der Waals surface area contributed by atoms with Crippen LogP contribution in [0, 0.1) is 0 Å². The average Bonchev–Trinajstić information content (AvgIpc) is 3.11. The zero-order chi connectivity index (χ0) is 18.3. The topological polar surface area (TPSA) is 51.0 Å². The Morgan fingerprint density at radius 3 is 2.04 bits per heavy atom. The lowest BCUT2D eigenvalue weighted by Crippen LogP contribution is -2.41. The molecule has 1 aliphatic rings. The third-order valence-corrected chi connectivity index (χ3v) is 5.18. The van der Waals surface area contributed by atoms with E-state index < -0.39 is 0 Å². The largest absolute Gasteiger partial charge is 0.275 e. The number of amides is 1. The molecule has 26 heavy (non-hydrogen) atoms. The summed E-state index contributed by atoms with van der Waals surface area (Å²) in [5.74, 6) is 0.470. The Labute approximate surface area is 161 Å². The van der Waals surface area contributed by atoms with E-state index in [1.807, 2.05) is 48.5 Å². The summed E-state index contributed by atoms with van der Waals surface area (Å²) in [7, 11) is 0. The molecular formula is C19H16Cl2N4O. The molecule has 1 aliphatic heterocycles. The highest BCUT2D eigenvalue weighted by Crippen LogP contribution is 2.42. The predicted octanol–water partition coefficient (Wildman–Crippen LogP) is 4.67. The van der Waals surface area contributed by atoms with Gasteiger partial charge in [0.1, 0.15) is 6.33 Å². The van der Waals surface area contributed by atoms with Gasteiger partial charge in [-0.25, -0.2) is 4.68 Å². The van der Waals surface area contributed by atoms with E-state index in [1.54, 1.807) is 16.5 Å². The molecular weight excluding hydrogens is 371 g/mol. The number of hydrogen-bond donors (Lipinski definition) is 0. The zero-order valence-corrected chi connectivity index (χ0v) is 15.5. The number of carbonyl (C=O) groups excluding carboxylic acids is 1. The first-order chi connectivity index (χ1) is 12.5.